The summed E-state index contributed by atoms with van der Waals surface area (Å²) < 4.78 is 4.62. The van der Waals surface area contributed by atoms with Gasteiger partial charge in [-0.1, -0.05) is 32.4 Å². The quantitative estimate of drug-likeness (QED) is 0.569. The maximum atomic E-state index is 11.6. The molecule has 0 saturated carbocycles. The van der Waals surface area contributed by atoms with E-state index >= 15 is 0 Å². The van der Waals surface area contributed by atoms with Crippen LogP contribution in [0.5, 0.6) is 0 Å². The molecule has 5 heteroatoms. The number of nitrogens with zero attached hydrogens (tertiary/aromatic N) is 2. The largest absolute Gasteiger partial charge is 0.465 e. The average molecular weight is 253 g/mol. The number of pyridine rings is 1. The van der Waals surface area contributed by atoms with E-state index in [-0.39, 0.29) is 21.7 Å². The van der Waals surface area contributed by atoms with Crippen molar-refractivity contribution in [3.8, 4) is 6.07 Å². The van der Waals surface area contributed by atoms with Crippen molar-refractivity contribution in [1.82, 2.24) is 4.98 Å². The van der Waals surface area contributed by atoms with Crippen molar-refractivity contribution in [2.45, 2.75) is 26.2 Å². The highest BCUT2D eigenvalue weighted by Gasteiger charge is 2.23. The zero-order chi connectivity index (χ0) is 13.2. The molecule has 1 aromatic heterocycles. The second-order valence-corrected chi connectivity index (χ2v) is 4.93. The lowest BCUT2D eigenvalue weighted by Gasteiger charge is -2.19. The molecule has 4 nitrogen and oxygen atoms in total. The summed E-state index contributed by atoms with van der Waals surface area (Å²) in [4.78, 5) is 15.7. The Labute approximate surface area is 105 Å². The third-order valence-corrected chi connectivity index (χ3v) is 2.53. The van der Waals surface area contributed by atoms with E-state index in [9.17, 15) is 4.79 Å². The van der Waals surface area contributed by atoms with Gasteiger partial charge in [0.05, 0.1) is 12.7 Å². The number of hydrogen-bond donors (Lipinski definition) is 0. The molecule has 1 heterocycles. The van der Waals surface area contributed by atoms with Gasteiger partial charge >= 0.3 is 5.97 Å². The number of carbonyl (C=O) groups is 1. The molecule has 0 unspecified atom stereocenters. The van der Waals surface area contributed by atoms with E-state index in [1.807, 2.05) is 26.8 Å². The molecule has 0 amide bonds. The van der Waals surface area contributed by atoms with Crippen LogP contribution in [0.1, 0.15) is 42.4 Å². The minimum atomic E-state index is -0.587. The Bertz CT molecular complexity index is 498. The summed E-state index contributed by atoms with van der Waals surface area (Å²) >= 11 is 5.90. The van der Waals surface area contributed by atoms with Gasteiger partial charge in [0.25, 0.3) is 0 Å². The second-order valence-electron chi connectivity index (χ2n) is 4.57. The molecule has 0 atom stereocenters. The highest BCUT2D eigenvalue weighted by Crippen LogP contribution is 2.26. The molecular formula is C12H13ClN2O2. The SMILES string of the molecule is COC(=O)c1cc(C(C)(C)C)nc(Cl)c1C#N. The molecule has 0 aliphatic heterocycles. The van der Waals surface area contributed by atoms with Gasteiger partial charge in [0, 0.05) is 11.1 Å². The molecule has 0 N–H and O–H groups in total. The number of ether oxygens (including phenoxy) is 1. The molecule has 0 fully saturated rings. The number of carbonyl (C=O) groups excluding carboxylic acids is 1. The molecule has 0 aliphatic carbocycles. The average Bonchev–Trinajstić information content (AvgIpc) is 2.25. The van der Waals surface area contributed by atoms with Gasteiger partial charge in [0.2, 0.25) is 0 Å². The van der Waals surface area contributed by atoms with E-state index in [4.69, 9.17) is 16.9 Å². The van der Waals surface area contributed by atoms with Crippen molar-refractivity contribution in [2.24, 2.45) is 0 Å². The topological polar surface area (TPSA) is 63.0 Å². The highest BCUT2D eigenvalue weighted by atomic mass is 35.5. The zero-order valence-corrected chi connectivity index (χ0v) is 10.9. The van der Waals surface area contributed by atoms with Gasteiger partial charge in [-0.2, -0.15) is 5.26 Å². The van der Waals surface area contributed by atoms with E-state index in [0.717, 1.165) is 0 Å². The van der Waals surface area contributed by atoms with Crippen molar-refractivity contribution in [3.63, 3.8) is 0 Å². The predicted octanol–water partition coefficient (Wildman–Crippen LogP) is 2.69. The number of methoxy groups -OCH3 is 1. The summed E-state index contributed by atoms with van der Waals surface area (Å²) in [6.07, 6.45) is 0. The Morgan fingerprint density at radius 3 is 2.53 bits per heavy atom. The van der Waals surface area contributed by atoms with Crippen LogP contribution in [0.4, 0.5) is 0 Å². The summed E-state index contributed by atoms with van der Waals surface area (Å²) in [6, 6.07) is 3.41. The van der Waals surface area contributed by atoms with Gasteiger partial charge in [0.1, 0.15) is 16.8 Å². The summed E-state index contributed by atoms with van der Waals surface area (Å²) in [5.74, 6) is -0.587. The Hall–Kier alpha value is -1.60. The molecule has 0 radical (unpaired) electrons. The molecule has 17 heavy (non-hydrogen) atoms. The Morgan fingerprint density at radius 2 is 2.12 bits per heavy atom. The third kappa shape index (κ3) is 2.75. The zero-order valence-electron chi connectivity index (χ0n) is 10.2. The van der Waals surface area contributed by atoms with Crippen LogP contribution in [0.2, 0.25) is 5.15 Å². The number of nitriles is 1. The Balaban J connectivity index is 3.51. The number of halogens is 1. The summed E-state index contributed by atoms with van der Waals surface area (Å²) in [6.45, 7) is 5.83. The first-order valence-electron chi connectivity index (χ1n) is 5.00. The maximum absolute atomic E-state index is 11.6. The van der Waals surface area contributed by atoms with E-state index in [1.54, 1.807) is 6.07 Å². The van der Waals surface area contributed by atoms with Crippen molar-refractivity contribution < 1.29 is 9.53 Å². The minimum Gasteiger partial charge on any atom is -0.465 e. The lowest BCUT2D eigenvalue weighted by molar-refractivity contribution is 0.0600. The molecule has 0 aromatic carbocycles. The van der Waals surface area contributed by atoms with E-state index in [0.29, 0.717) is 5.69 Å². The number of rotatable bonds is 1. The van der Waals surface area contributed by atoms with Crippen molar-refractivity contribution in [3.05, 3.63) is 28.0 Å². The molecule has 90 valence electrons. The van der Waals surface area contributed by atoms with Crippen LogP contribution in [0.25, 0.3) is 0 Å². The highest BCUT2D eigenvalue weighted by molar-refractivity contribution is 6.31. The number of aromatic nitrogens is 1. The lowest BCUT2D eigenvalue weighted by Crippen LogP contribution is -2.16. The van der Waals surface area contributed by atoms with Gasteiger partial charge in [-0.25, -0.2) is 9.78 Å². The second kappa shape index (κ2) is 4.72. The Morgan fingerprint density at radius 1 is 1.53 bits per heavy atom. The van der Waals surface area contributed by atoms with Gasteiger partial charge in [0.15, 0.2) is 0 Å². The summed E-state index contributed by atoms with van der Waals surface area (Å²) in [7, 11) is 1.26. The van der Waals surface area contributed by atoms with E-state index in [2.05, 4.69) is 9.72 Å². The van der Waals surface area contributed by atoms with Crippen LogP contribution in [0, 0.1) is 11.3 Å². The van der Waals surface area contributed by atoms with Crippen LogP contribution >= 0.6 is 11.6 Å². The fourth-order valence-corrected chi connectivity index (χ4v) is 1.51. The standard InChI is InChI=1S/C12H13ClN2O2/c1-12(2,3)9-5-7(11(16)17-4)8(6-14)10(13)15-9/h5H,1-4H3. The molecular weight excluding hydrogens is 240 g/mol. The summed E-state index contributed by atoms with van der Waals surface area (Å²) in [5.41, 5.74) is 0.578. The Kier molecular flexibility index (Phi) is 3.74. The number of esters is 1. The fraction of sp³-hybridized carbons (Fsp3) is 0.417. The molecule has 1 rings (SSSR count). The minimum absolute atomic E-state index is 0.0281. The first-order valence-corrected chi connectivity index (χ1v) is 5.38. The van der Waals surface area contributed by atoms with Gasteiger partial charge in [-0.3, -0.25) is 0 Å². The van der Waals surface area contributed by atoms with Crippen LogP contribution in [0.15, 0.2) is 6.07 Å². The van der Waals surface area contributed by atoms with Gasteiger partial charge in [-0.15, -0.1) is 0 Å². The van der Waals surface area contributed by atoms with Crippen LogP contribution in [0.3, 0.4) is 0 Å². The number of hydrogen-bond acceptors (Lipinski definition) is 4. The molecule has 0 bridgehead atoms. The van der Waals surface area contributed by atoms with Crippen LogP contribution in [-0.2, 0) is 10.2 Å². The first kappa shape index (κ1) is 13.5. The fourth-order valence-electron chi connectivity index (χ4n) is 1.28. The predicted molar refractivity (Wildman–Crippen MR) is 64.0 cm³/mol. The molecule has 1 aromatic rings. The van der Waals surface area contributed by atoms with Crippen LogP contribution < -0.4 is 0 Å². The smallest absolute Gasteiger partial charge is 0.339 e. The van der Waals surface area contributed by atoms with Crippen LogP contribution in [-0.4, -0.2) is 18.1 Å². The lowest BCUT2D eigenvalue weighted by atomic mass is 9.90. The van der Waals surface area contributed by atoms with Crippen molar-refractivity contribution >= 4 is 17.6 Å². The van der Waals surface area contributed by atoms with E-state index in [1.165, 1.54) is 7.11 Å². The normalized spacial score (nSPS) is 10.8. The monoisotopic (exact) mass is 252 g/mol. The van der Waals surface area contributed by atoms with Crippen molar-refractivity contribution in [2.75, 3.05) is 7.11 Å². The first-order chi connectivity index (χ1) is 7.81. The van der Waals surface area contributed by atoms with E-state index < -0.39 is 5.97 Å². The maximum Gasteiger partial charge on any atom is 0.339 e. The third-order valence-electron chi connectivity index (χ3n) is 2.26. The van der Waals surface area contributed by atoms with Gasteiger partial charge < -0.3 is 4.74 Å². The summed E-state index contributed by atoms with van der Waals surface area (Å²) in [5, 5.41) is 8.98. The van der Waals surface area contributed by atoms with Crippen molar-refractivity contribution in [1.29, 1.82) is 5.26 Å². The van der Waals surface area contributed by atoms with Gasteiger partial charge in [-0.05, 0) is 6.07 Å². The molecule has 0 aliphatic rings. The molecule has 0 spiro atoms. The molecule has 0 saturated heterocycles.